The van der Waals surface area contributed by atoms with Crippen molar-refractivity contribution in [3.63, 3.8) is 0 Å². The molecule has 1 aromatic rings. The number of phenolic OH excluding ortho intramolecular Hbond substituents is 1. The van der Waals surface area contributed by atoms with Crippen LogP contribution in [0.15, 0.2) is 41.8 Å². The van der Waals surface area contributed by atoms with Gasteiger partial charge in [0.1, 0.15) is 10.6 Å². The molecule has 0 radical (unpaired) electrons. The zero-order valence-corrected chi connectivity index (χ0v) is 9.64. The molecule has 0 heterocycles. The average molecular weight is 246 g/mol. The lowest BCUT2D eigenvalue weighted by Crippen LogP contribution is -1.97. The summed E-state index contributed by atoms with van der Waals surface area (Å²) in [5.74, 6) is -0.449. The number of ether oxygens (including phenoxy) is 1. The van der Waals surface area contributed by atoms with E-state index < -0.39 is 20.8 Å². The molecule has 1 rings (SSSR count). The number of phenols is 1. The van der Waals surface area contributed by atoms with E-state index in [1.54, 1.807) is 13.2 Å². The summed E-state index contributed by atoms with van der Waals surface area (Å²) in [5.41, 5.74) is 0. The van der Waals surface area contributed by atoms with Crippen LogP contribution >= 0.6 is 0 Å². The fraction of sp³-hybridized carbons (Fsp3) is 0.200. The second kappa shape index (κ2) is 7.00. The third-order valence-corrected chi connectivity index (χ3v) is 2.33. The monoisotopic (exact) mass is 246 g/mol. The Labute approximate surface area is 94.7 Å². The van der Waals surface area contributed by atoms with E-state index in [0.29, 0.717) is 6.61 Å². The Kier molecular flexibility index (Phi) is 6.40. The van der Waals surface area contributed by atoms with Crippen LogP contribution in [-0.2, 0) is 14.9 Å². The lowest BCUT2D eigenvalue weighted by atomic mass is 10.3. The molecule has 16 heavy (non-hydrogen) atoms. The number of para-hydroxylation sites is 1. The first-order valence-electron chi connectivity index (χ1n) is 4.28. The summed E-state index contributed by atoms with van der Waals surface area (Å²) in [6.45, 7) is 4.08. The Balaban J connectivity index is 0.000000385. The van der Waals surface area contributed by atoms with Crippen LogP contribution in [0.25, 0.3) is 0 Å². The van der Waals surface area contributed by atoms with E-state index in [9.17, 15) is 8.42 Å². The van der Waals surface area contributed by atoms with Crippen molar-refractivity contribution in [1.82, 2.24) is 0 Å². The predicted molar refractivity (Wildman–Crippen MR) is 60.0 cm³/mol. The molecule has 0 aromatic heterocycles. The number of hydrogen-bond acceptors (Lipinski definition) is 4. The van der Waals surface area contributed by atoms with Crippen LogP contribution in [0.4, 0.5) is 0 Å². The van der Waals surface area contributed by atoms with Gasteiger partial charge in [0, 0.05) is 7.11 Å². The van der Waals surface area contributed by atoms with Crippen LogP contribution in [0.1, 0.15) is 0 Å². The second-order valence-corrected chi connectivity index (χ2v) is 4.08. The summed E-state index contributed by atoms with van der Waals surface area (Å²) in [6, 6.07) is 5.17. The maximum atomic E-state index is 10.4. The van der Waals surface area contributed by atoms with Crippen LogP contribution in [0.2, 0.25) is 0 Å². The van der Waals surface area contributed by atoms with Gasteiger partial charge in [-0.3, -0.25) is 4.55 Å². The summed E-state index contributed by atoms with van der Waals surface area (Å²) < 4.78 is 34.0. The Morgan fingerprint density at radius 3 is 2.25 bits per heavy atom. The van der Waals surface area contributed by atoms with Gasteiger partial charge in [-0.05, 0) is 12.1 Å². The van der Waals surface area contributed by atoms with Crippen molar-refractivity contribution in [3.8, 4) is 5.75 Å². The van der Waals surface area contributed by atoms with Crippen molar-refractivity contribution in [2.24, 2.45) is 0 Å². The van der Waals surface area contributed by atoms with Crippen LogP contribution < -0.4 is 0 Å². The minimum absolute atomic E-state index is 0.449. The molecule has 0 fully saturated rings. The summed E-state index contributed by atoms with van der Waals surface area (Å²) in [4.78, 5) is -0.472. The highest BCUT2D eigenvalue weighted by molar-refractivity contribution is 7.86. The predicted octanol–water partition coefficient (Wildman–Crippen LogP) is 1.46. The Morgan fingerprint density at radius 1 is 1.44 bits per heavy atom. The molecule has 5 nitrogen and oxygen atoms in total. The van der Waals surface area contributed by atoms with Gasteiger partial charge in [-0.1, -0.05) is 18.2 Å². The zero-order valence-electron chi connectivity index (χ0n) is 8.83. The lowest BCUT2D eigenvalue weighted by molar-refractivity contribution is 0.234. The molecule has 6 heteroatoms. The summed E-state index contributed by atoms with van der Waals surface area (Å²) in [6.07, 6.45) is 1.71. The van der Waals surface area contributed by atoms with E-state index in [2.05, 4.69) is 11.3 Å². The van der Waals surface area contributed by atoms with E-state index >= 15 is 0 Å². The van der Waals surface area contributed by atoms with E-state index in [1.165, 1.54) is 18.2 Å². The van der Waals surface area contributed by atoms with Gasteiger partial charge in [0.25, 0.3) is 10.1 Å². The van der Waals surface area contributed by atoms with E-state index in [4.69, 9.17) is 9.66 Å². The number of hydrogen-bond donors (Lipinski definition) is 2. The molecule has 0 spiro atoms. The SMILES string of the molecule is C=CCOC.O=S(=O)(O)c1ccccc1O. The average Bonchev–Trinajstić information content (AvgIpc) is 2.19. The molecule has 0 aliphatic heterocycles. The van der Waals surface area contributed by atoms with Gasteiger partial charge in [-0.15, -0.1) is 6.58 Å². The Morgan fingerprint density at radius 2 is 2.00 bits per heavy atom. The third-order valence-electron chi connectivity index (χ3n) is 1.43. The molecule has 2 N–H and O–H groups in total. The van der Waals surface area contributed by atoms with Gasteiger partial charge in [0.05, 0.1) is 6.61 Å². The van der Waals surface area contributed by atoms with E-state index in [-0.39, 0.29) is 0 Å². The molecule has 0 saturated heterocycles. The van der Waals surface area contributed by atoms with Gasteiger partial charge < -0.3 is 9.84 Å². The standard InChI is InChI=1S/C6H6O4S.C4H8O/c7-5-3-1-2-4-6(5)11(8,9)10;1-3-4-5-2/h1-4,7H,(H,8,9,10);3H,1,4H2,2H3. The highest BCUT2D eigenvalue weighted by atomic mass is 32.2. The molecular formula is C10H14O5S. The smallest absolute Gasteiger partial charge is 0.298 e. The first-order chi connectivity index (χ1) is 7.43. The first kappa shape index (κ1) is 14.6. The van der Waals surface area contributed by atoms with Crippen molar-refractivity contribution in [3.05, 3.63) is 36.9 Å². The molecule has 0 bridgehead atoms. The molecular weight excluding hydrogens is 232 g/mol. The topological polar surface area (TPSA) is 83.8 Å². The molecule has 90 valence electrons. The fourth-order valence-corrected chi connectivity index (χ4v) is 1.38. The van der Waals surface area contributed by atoms with Crippen molar-refractivity contribution in [2.75, 3.05) is 13.7 Å². The third kappa shape index (κ3) is 5.50. The van der Waals surface area contributed by atoms with Gasteiger partial charge in [0.2, 0.25) is 0 Å². The summed E-state index contributed by atoms with van der Waals surface area (Å²) >= 11 is 0. The molecule has 0 saturated carbocycles. The minimum atomic E-state index is -4.28. The maximum absolute atomic E-state index is 10.4. The largest absolute Gasteiger partial charge is 0.506 e. The highest BCUT2D eigenvalue weighted by Gasteiger charge is 2.12. The number of aromatic hydroxyl groups is 1. The zero-order chi connectivity index (χ0) is 12.6. The summed E-state index contributed by atoms with van der Waals surface area (Å²) in [5, 5.41) is 8.91. The van der Waals surface area contributed by atoms with Crippen molar-refractivity contribution in [1.29, 1.82) is 0 Å². The van der Waals surface area contributed by atoms with Gasteiger partial charge in [-0.2, -0.15) is 8.42 Å². The first-order valence-corrected chi connectivity index (χ1v) is 5.72. The van der Waals surface area contributed by atoms with Crippen molar-refractivity contribution >= 4 is 10.1 Å². The van der Waals surface area contributed by atoms with Crippen molar-refractivity contribution < 1.29 is 22.8 Å². The molecule has 0 atom stereocenters. The Bertz CT molecular complexity index is 425. The maximum Gasteiger partial charge on any atom is 0.298 e. The molecule has 0 aliphatic rings. The summed E-state index contributed by atoms with van der Waals surface area (Å²) in [7, 11) is -2.64. The van der Waals surface area contributed by atoms with E-state index in [1.807, 2.05) is 0 Å². The number of methoxy groups -OCH3 is 1. The quantitative estimate of drug-likeness (QED) is 0.623. The lowest BCUT2D eigenvalue weighted by Gasteiger charge is -1.97. The van der Waals surface area contributed by atoms with Crippen LogP contribution in [0, 0.1) is 0 Å². The van der Waals surface area contributed by atoms with Crippen LogP contribution in [0.5, 0.6) is 5.75 Å². The van der Waals surface area contributed by atoms with Gasteiger partial charge in [-0.25, -0.2) is 0 Å². The van der Waals surface area contributed by atoms with Crippen molar-refractivity contribution in [2.45, 2.75) is 4.90 Å². The van der Waals surface area contributed by atoms with Gasteiger partial charge >= 0.3 is 0 Å². The normalized spacial score (nSPS) is 10.1. The minimum Gasteiger partial charge on any atom is -0.506 e. The molecule has 1 aromatic carbocycles. The second-order valence-electron chi connectivity index (χ2n) is 2.69. The Hall–Kier alpha value is -1.37. The van der Waals surface area contributed by atoms with Crippen LogP contribution in [0.3, 0.4) is 0 Å². The van der Waals surface area contributed by atoms with Crippen LogP contribution in [-0.4, -0.2) is 31.8 Å². The number of rotatable bonds is 3. The van der Waals surface area contributed by atoms with Gasteiger partial charge in [0.15, 0.2) is 0 Å². The number of benzene rings is 1. The van der Waals surface area contributed by atoms with E-state index in [0.717, 1.165) is 6.07 Å². The molecule has 0 unspecified atom stereocenters. The fourth-order valence-electron chi connectivity index (χ4n) is 0.793. The molecule has 0 amide bonds. The molecule has 0 aliphatic carbocycles. The highest BCUT2D eigenvalue weighted by Crippen LogP contribution is 2.20.